The molecule has 0 spiro atoms. The number of nitrogens with zero attached hydrogens (tertiary/aromatic N) is 2. The summed E-state index contributed by atoms with van der Waals surface area (Å²) in [6.07, 6.45) is 2.12. The van der Waals surface area contributed by atoms with Gasteiger partial charge in [-0.15, -0.1) is 0 Å². The molecule has 0 saturated carbocycles. The highest BCUT2D eigenvalue weighted by atomic mass is 35.5. The van der Waals surface area contributed by atoms with Crippen molar-refractivity contribution in [3.63, 3.8) is 0 Å². The fraction of sp³-hybridized carbons (Fsp3) is 0.444. The number of carbonyl (C=O) groups excluding carboxylic acids is 1. The van der Waals surface area contributed by atoms with Crippen LogP contribution in [0.15, 0.2) is 30.5 Å². The average molecular weight is 350 g/mol. The minimum Gasteiger partial charge on any atom is -0.378 e. The van der Waals surface area contributed by atoms with Crippen molar-refractivity contribution < 1.29 is 9.53 Å². The molecule has 0 aliphatic rings. The number of nitrogens with one attached hydrogen (secondary N) is 1. The Morgan fingerprint density at radius 1 is 1.33 bits per heavy atom. The van der Waals surface area contributed by atoms with Gasteiger partial charge in [-0.3, -0.25) is 4.79 Å². The van der Waals surface area contributed by atoms with Gasteiger partial charge in [0.25, 0.3) is 0 Å². The van der Waals surface area contributed by atoms with Crippen molar-refractivity contribution >= 4 is 17.5 Å². The van der Waals surface area contributed by atoms with E-state index in [0.29, 0.717) is 18.2 Å². The molecular formula is C18H24ClN3O2. The zero-order valence-corrected chi connectivity index (χ0v) is 15.3. The SMILES string of the molecule is CC(=O)NCC(COC(C)C)c1cn(C)c(-c2ccc(Cl)cc2)n1. The second kappa shape index (κ2) is 8.31. The van der Waals surface area contributed by atoms with Gasteiger partial charge in [-0.1, -0.05) is 11.6 Å². The summed E-state index contributed by atoms with van der Waals surface area (Å²) in [6, 6.07) is 7.59. The molecule has 1 aromatic heterocycles. The van der Waals surface area contributed by atoms with Gasteiger partial charge in [0.15, 0.2) is 0 Å². The van der Waals surface area contributed by atoms with Crippen LogP contribution in [0.4, 0.5) is 0 Å². The number of rotatable bonds is 7. The summed E-state index contributed by atoms with van der Waals surface area (Å²) in [5.74, 6) is 0.806. The standard InChI is InChI=1S/C18H24ClN3O2/c1-12(2)24-11-15(9-20-13(3)23)17-10-22(4)18(21-17)14-5-7-16(19)8-6-14/h5-8,10,12,15H,9,11H2,1-4H3,(H,20,23). The fourth-order valence-corrected chi connectivity index (χ4v) is 2.50. The third kappa shape index (κ3) is 5.08. The topological polar surface area (TPSA) is 56.1 Å². The van der Waals surface area contributed by atoms with Crippen molar-refractivity contribution in [3.05, 3.63) is 41.2 Å². The smallest absolute Gasteiger partial charge is 0.216 e. The summed E-state index contributed by atoms with van der Waals surface area (Å²) in [7, 11) is 1.96. The van der Waals surface area contributed by atoms with Gasteiger partial charge in [0.1, 0.15) is 5.82 Å². The van der Waals surface area contributed by atoms with E-state index in [1.54, 1.807) is 0 Å². The van der Waals surface area contributed by atoms with Crippen molar-refractivity contribution in [3.8, 4) is 11.4 Å². The Morgan fingerprint density at radius 3 is 2.58 bits per heavy atom. The molecule has 1 amide bonds. The lowest BCUT2D eigenvalue weighted by atomic mass is 10.1. The lowest BCUT2D eigenvalue weighted by Crippen LogP contribution is -2.29. The second-order valence-corrected chi connectivity index (χ2v) is 6.56. The highest BCUT2D eigenvalue weighted by Gasteiger charge is 2.18. The third-order valence-electron chi connectivity index (χ3n) is 3.64. The van der Waals surface area contributed by atoms with Gasteiger partial charge in [0.2, 0.25) is 5.91 Å². The molecule has 0 aliphatic heterocycles. The van der Waals surface area contributed by atoms with Gasteiger partial charge in [0, 0.05) is 43.2 Å². The van der Waals surface area contributed by atoms with Crippen LogP contribution in [0.25, 0.3) is 11.4 Å². The predicted molar refractivity (Wildman–Crippen MR) is 96.2 cm³/mol. The van der Waals surface area contributed by atoms with Gasteiger partial charge >= 0.3 is 0 Å². The predicted octanol–water partition coefficient (Wildman–Crippen LogP) is 3.39. The normalized spacial score (nSPS) is 12.4. The first kappa shape index (κ1) is 18.5. The minimum absolute atomic E-state index is 0.00329. The molecule has 0 bridgehead atoms. The Hall–Kier alpha value is -1.85. The number of amides is 1. The molecule has 2 rings (SSSR count). The van der Waals surface area contributed by atoms with Crippen molar-refractivity contribution in [1.29, 1.82) is 0 Å². The van der Waals surface area contributed by atoms with Crippen molar-refractivity contribution in [1.82, 2.24) is 14.9 Å². The van der Waals surface area contributed by atoms with E-state index < -0.39 is 0 Å². The zero-order valence-electron chi connectivity index (χ0n) is 14.5. The second-order valence-electron chi connectivity index (χ2n) is 6.12. The van der Waals surface area contributed by atoms with Crippen LogP contribution in [0, 0.1) is 0 Å². The van der Waals surface area contributed by atoms with E-state index in [-0.39, 0.29) is 17.9 Å². The fourth-order valence-electron chi connectivity index (χ4n) is 2.38. The van der Waals surface area contributed by atoms with Crippen LogP contribution < -0.4 is 5.32 Å². The number of hydrogen-bond acceptors (Lipinski definition) is 3. The third-order valence-corrected chi connectivity index (χ3v) is 3.90. The molecule has 24 heavy (non-hydrogen) atoms. The highest BCUT2D eigenvalue weighted by Crippen LogP contribution is 2.24. The number of imidazole rings is 1. The van der Waals surface area contributed by atoms with Crippen LogP contribution in [0.5, 0.6) is 0 Å². The summed E-state index contributed by atoms with van der Waals surface area (Å²) in [5.41, 5.74) is 1.90. The average Bonchev–Trinajstić information content (AvgIpc) is 2.89. The van der Waals surface area contributed by atoms with Crippen LogP contribution in [0.3, 0.4) is 0 Å². The Bertz CT molecular complexity index is 680. The largest absolute Gasteiger partial charge is 0.378 e. The van der Waals surface area contributed by atoms with Crippen molar-refractivity contribution in [2.24, 2.45) is 7.05 Å². The molecule has 1 aromatic carbocycles. The quantitative estimate of drug-likeness (QED) is 0.833. The number of aromatic nitrogens is 2. The molecule has 5 nitrogen and oxygen atoms in total. The number of benzene rings is 1. The molecule has 0 aliphatic carbocycles. The Labute approximate surface area is 148 Å². The van der Waals surface area contributed by atoms with E-state index in [1.165, 1.54) is 6.92 Å². The molecule has 0 fully saturated rings. The number of hydrogen-bond donors (Lipinski definition) is 1. The van der Waals surface area contributed by atoms with E-state index in [2.05, 4.69) is 5.32 Å². The molecule has 0 saturated heterocycles. The first-order valence-corrected chi connectivity index (χ1v) is 8.40. The van der Waals surface area contributed by atoms with Gasteiger partial charge in [-0.2, -0.15) is 0 Å². The Morgan fingerprint density at radius 2 is 2.00 bits per heavy atom. The van der Waals surface area contributed by atoms with Crippen LogP contribution in [-0.4, -0.2) is 34.7 Å². The number of ether oxygens (including phenoxy) is 1. The number of halogens is 1. The van der Waals surface area contributed by atoms with E-state index >= 15 is 0 Å². The maximum Gasteiger partial charge on any atom is 0.216 e. The molecule has 6 heteroatoms. The van der Waals surface area contributed by atoms with Gasteiger partial charge in [0.05, 0.1) is 18.4 Å². The van der Waals surface area contributed by atoms with Crippen LogP contribution >= 0.6 is 11.6 Å². The van der Waals surface area contributed by atoms with Crippen LogP contribution in [0.2, 0.25) is 5.02 Å². The van der Waals surface area contributed by atoms with E-state index in [4.69, 9.17) is 21.3 Å². The van der Waals surface area contributed by atoms with Crippen LogP contribution in [-0.2, 0) is 16.6 Å². The molecule has 0 radical (unpaired) electrons. The monoisotopic (exact) mass is 349 g/mol. The summed E-state index contributed by atoms with van der Waals surface area (Å²) in [4.78, 5) is 16.0. The van der Waals surface area contributed by atoms with E-state index in [0.717, 1.165) is 17.1 Å². The highest BCUT2D eigenvalue weighted by molar-refractivity contribution is 6.30. The van der Waals surface area contributed by atoms with Gasteiger partial charge < -0.3 is 14.6 Å². The lowest BCUT2D eigenvalue weighted by Gasteiger charge is -2.17. The summed E-state index contributed by atoms with van der Waals surface area (Å²) in [5, 5.41) is 3.55. The first-order valence-electron chi connectivity index (χ1n) is 8.02. The molecule has 130 valence electrons. The molecule has 1 unspecified atom stereocenters. The van der Waals surface area contributed by atoms with Crippen molar-refractivity contribution in [2.45, 2.75) is 32.8 Å². The zero-order chi connectivity index (χ0) is 17.7. The van der Waals surface area contributed by atoms with E-state index in [1.807, 2.05) is 55.9 Å². The number of carbonyl (C=O) groups is 1. The molecule has 1 N–H and O–H groups in total. The Kier molecular flexibility index (Phi) is 6.40. The maximum atomic E-state index is 11.3. The summed E-state index contributed by atoms with van der Waals surface area (Å²) in [6.45, 7) is 6.51. The Balaban J connectivity index is 2.24. The van der Waals surface area contributed by atoms with Gasteiger partial charge in [-0.05, 0) is 38.1 Å². The maximum absolute atomic E-state index is 11.3. The molecule has 2 aromatic rings. The number of aryl methyl sites for hydroxylation is 1. The van der Waals surface area contributed by atoms with Crippen molar-refractivity contribution in [2.75, 3.05) is 13.2 Å². The summed E-state index contributed by atoms with van der Waals surface area (Å²) < 4.78 is 7.72. The van der Waals surface area contributed by atoms with E-state index in [9.17, 15) is 4.79 Å². The molecule has 1 heterocycles. The first-order chi connectivity index (χ1) is 11.4. The molecule has 1 atom stereocenters. The van der Waals surface area contributed by atoms with Crippen LogP contribution in [0.1, 0.15) is 32.4 Å². The minimum atomic E-state index is -0.0570. The van der Waals surface area contributed by atoms with Gasteiger partial charge in [-0.25, -0.2) is 4.98 Å². The lowest BCUT2D eigenvalue weighted by molar-refractivity contribution is -0.119. The molecular weight excluding hydrogens is 326 g/mol. The summed E-state index contributed by atoms with van der Waals surface area (Å²) >= 11 is 5.95.